The summed E-state index contributed by atoms with van der Waals surface area (Å²) in [4.78, 5) is 12.7. The smallest absolute Gasteiger partial charge is 0.268 e. The van der Waals surface area contributed by atoms with Gasteiger partial charge in [0.2, 0.25) is 10.0 Å². The molecule has 2 heterocycles. The molecule has 1 spiro atoms. The van der Waals surface area contributed by atoms with E-state index in [1.165, 1.54) is 15.6 Å². The molecule has 0 N–H and O–H groups in total. The molecule has 21 heavy (non-hydrogen) atoms. The summed E-state index contributed by atoms with van der Waals surface area (Å²) in [6.45, 7) is 4.39. The van der Waals surface area contributed by atoms with Gasteiger partial charge in [0, 0.05) is 10.8 Å². The molecule has 0 unspecified atom stereocenters. The molecule has 0 radical (unpaired) electrons. The minimum absolute atomic E-state index is 0.00835. The first-order valence-corrected chi connectivity index (χ1v) is 9.93. The Kier molecular flexibility index (Phi) is 2.56. The summed E-state index contributed by atoms with van der Waals surface area (Å²) in [7, 11) is -3.50. The second kappa shape index (κ2) is 3.90. The Bertz CT molecular complexity index is 707. The maximum atomic E-state index is 12.7. The molecule has 1 aromatic heterocycles. The molecule has 1 aromatic rings. The highest BCUT2D eigenvalue weighted by atomic mass is 32.2. The summed E-state index contributed by atoms with van der Waals surface area (Å²) in [5.74, 6) is 0.349. The number of rotatable bonds is 1. The van der Waals surface area contributed by atoms with Crippen molar-refractivity contribution in [2.75, 3.05) is 5.75 Å². The molecule has 2 bridgehead atoms. The highest BCUT2D eigenvalue weighted by Gasteiger charge is 2.72. The quantitative estimate of drug-likeness (QED) is 0.798. The van der Waals surface area contributed by atoms with Crippen LogP contribution >= 0.6 is 11.3 Å². The first-order chi connectivity index (χ1) is 9.80. The van der Waals surface area contributed by atoms with Gasteiger partial charge in [-0.1, -0.05) is 13.8 Å². The fraction of sp³-hybridized carbons (Fsp3) is 0.667. The van der Waals surface area contributed by atoms with E-state index in [0.717, 1.165) is 19.3 Å². The van der Waals surface area contributed by atoms with Crippen LogP contribution in [0.2, 0.25) is 0 Å². The summed E-state index contributed by atoms with van der Waals surface area (Å²) in [6.07, 6.45) is 2.86. The molecule has 3 aliphatic rings. The lowest BCUT2D eigenvalue weighted by molar-refractivity contribution is 0.0701. The van der Waals surface area contributed by atoms with Gasteiger partial charge in [0.05, 0.1) is 17.4 Å². The van der Waals surface area contributed by atoms with Gasteiger partial charge in [-0.2, -0.15) is 11.3 Å². The largest absolute Gasteiger partial charge is 0.268 e. The van der Waals surface area contributed by atoms with E-state index < -0.39 is 10.0 Å². The number of thiophene rings is 1. The normalized spacial score (nSPS) is 38.7. The predicted molar refractivity (Wildman–Crippen MR) is 81.6 cm³/mol. The number of carbonyl (C=O) groups is 1. The van der Waals surface area contributed by atoms with Gasteiger partial charge < -0.3 is 0 Å². The summed E-state index contributed by atoms with van der Waals surface area (Å²) in [5.41, 5.74) is 0.276. The fourth-order valence-electron chi connectivity index (χ4n) is 5.07. The van der Waals surface area contributed by atoms with Crippen molar-refractivity contribution in [1.82, 2.24) is 4.31 Å². The minimum Gasteiger partial charge on any atom is -0.268 e. The zero-order chi connectivity index (χ0) is 15.0. The van der Waals surface area contributed by atoms with Crippen molar-refractivity contribution in [2.24, 2.45) is 16.7 Å². The summed E-state index contributed by atoms with van der Waals surface area (Å²) in [6, 6.07) is 1.58. The third-order valence-electron chi connectivity index (χ3n) is 6.38. The van der Waals surface area contributed by atoms with E-state index in [-0.39, 0.29) is 28.5 Å². The second-order valence-electron chi connectivity index (χ2n) is 7.23. The molecule has 3 fully saturated rings. The van der Waals surface area contributed by atoms with Crippen LogP contribution in [-0.2, 0) is 10.0 Å². The topological polar surface area (TPSA) is 54.5 Å². The molecule has 0 aromatic carbocycles. The monoisotopic (exact) mass is 325 g/mol. The molecule has 1 aliphatic heterocycles. The van der Waals surface area contributed by atoms with Crippen LogP contribution in [0.25, 0.3) is 0 Å². The van der Waals surface area contributed by atoms with E-state index in [1.807, 2.05) is 5.38 Å². The Hall–Kier alpha value is -0.880. The zero-order valence-electron chi connectivity index (χ0n) is 12.2. The van der Waals surface area contributed by atoms with Gasteiger partial charge in [0.25, 0.3) is 5.91 Å². The van der Waals surface area contributed by atoms with Crippen LogP contribution in [0.15, 0.2) is 16.8 Å². The van der Waals surface area contributed by atoms with Crippen molar-refractivity contribution in [3.8, 4) is 0 Å². The highest BCUT2D eigenvalue weighted by Crippen LogP contribution is 2.70. The zero-order valence-corrected chi connectivity index (χ0v) is 13.8. The minimum atomic E-state index is -3.50. The molecule has 6 heteroatoms. The molecule has 2 aliphatic carbocycles. The van der Waals surface area contributed by atoms with Crippen LogP contribution in [0.1, 0.15) is 43.5 Å². The van der Waals surface area contributed by atoms with Crippen LogP contribution in [-0.4, -0.2) is 30.4 Å². The first kappa shape index (κ1) is 13.8. The van der Waals surface area contributed by atoms with E-state index in [2.05, 4.69) is 13.8 Å². The number of hydrogen-bond acceptors (Lipinski definition) is 4. The van der Waals surface area contributed by atoms with Crippen molar-refractivity contribution in [3.63, 3.8) is 0 Å². The van der Waals surface area contributed by atoms with Gasteiger partial charge in [-0.25, -0.2) is 12.7 Å². The van der Waals surface area contributed by atoms with Gasteiger partial charge in [0.1, 0.15) is 0 Å². The predicted octanol–water partition coefficient (Wildman–Crippen LogP) is 2.73. The lowest BCUT2D eigenvalue weighted by Gasteiger charge is -2.37. The van der Waals surface area contributed by atoms with Crippen LogP contribution in [0.4, 0.5) is 0 Å². The number of sulfonamides is 1. The lowest BCUT2D eigenvalue weighted by atomic mass is 9.69. The molecule has 114 valence electrons. The summed E-state index contributed by atoms with van der Waals surface area (Å²) < 4.78 is 26.6. The maximum absolute atomic E-state index is 12.7. The number of amides is 1. The lowest BCUT2D eigenvalue weighted by Crippen LogP contribution is -2.44. The Labute approximate surface area is 129 Å². The molecule has 2 saturated carbocycles. The number of nitrogens with zero attached hydrogens (tertiary/aromatic N) is 1. The molecular formula is C15H19NO3S2. The summed E-state index contributed by atoms with van der Waals surface area (Å²) >= 11 is 1.42. The fourth-order valence-corrected chi connectivity index (χ4v) is 8.23. The molecule has 1 amide bonds. The van der Waals surface area contributed by atoms with Gasteiger partial charge in [0.15, 0.2) is 0 Å². The van der Waals surface area contributed by atoms with Gasteiger partial charge >= 0.3 is 0 Å². The molecular weight excluding hydrogens is 306 g/mol. The van der Waals surface area contributed by atoms with Gasteiger partial charge in [-0.05, 0) is 42.0 Å². The van der Waals surface area contributed by atoms with Crippen molar-refractivity contribution in [2.45, 2.75) is 39.2 Å². The van der Waals surface area contributed by atoms with Crippen LogP contribution < -0.4 is 0 Å². The van der Waals surface area contributed by atoms with Crippen molar-refractivity contribution < 1.29 is 13.2 Å². The van der Waals surface area contributed by atoms with Gasteiger partial charge in [-0.3, -0.25) is 4.79 Å². The van der Waals surface area contributed by atoms with Crippen LogP contribution in [0.5, 0.6) is 0 Å². The van der Waals surface area contributed by atoms with E-state index >= 15 is 0 Å². The van der Waals surface area contributed by atoms with Crippen molar-refractivity contribution >= 4 is 27.3 Å². The second-order valence-corrected chi connectivity index (χ2v) is 9.86. The van der Waals surface area contributed by atoms with E-state index in [1.54, 1.807) is 11.4 Å². The third-order valence-corrected chi connectivity index (χ3v) is 8.96. The Morgan fingerprint density at radius 3 is 2.81 bits per heavy atom. The van der Waals surface area contributed by atoms with E-state index in [4.69, 9.17) is 0 Å². The highest BCUT2D eigenvalue weighted by molar-refractivity contribution is 7.90. The molecule has 4 nitrogen and oxygen atoms in total. The summed E-state index contributed by atoms with van der Waals surface area (Å²) in [5, 5.41) is 3.55. The van der Waals surface area contributed by atoms with E-state index in [0.29, 0.717) is 11.5 Å². The average Bonchev–Trinajstić information content (AvgIpc) is 3.08. The van der Waals surface area contributed by atoms with E-state index in [9.17, 15) is 13.2 Å². The third kappa shape index (κ3) is 1.50. The number of carbonyl (C=O) groups excluding carboxylic acids is 1. The Balaban J connectivity index is 1.82. The number of fused-ring (bicyclic) bond motifs is 1. The Morgan fingerprint density at radius 1 is 1.43 bits per heavy atom. The van der Waals surface area contributed by atoms with Crippen LogP contribution in [0, 0.1) is 16.7 Å². The molecule has 1 saturated heterocycles. The standard InChI is InChI=1S/C15H19NO3S2/c1-14(2)11-3-5-15(14)9-21(18,19)16(12(15)7-11)13(17)10-4-6-20-8-10/h4,6,8,11-12H,3,5,7,9H2,1-2H3/t11-,12-,15-/m1/s1. The Morgan fingerprint density at radius 2 is 2.19 bits per heavy atom. The number of hydrogen-bond donors (Lipinski definition) is 0. The van der Waals surface area contributed by atoms with Crippen LogP contribution in [0.3, 0.4) is 0 Å². The SMILES string of the molecule is CC1(C)[C@@H]2CC[C@]13CS(=O)(=O)N(C(=O)c1ccsc1)[C@@H]3C2. The molecule has 4 rings (SSSR count). The average molecular weight is 325 g/mol. The first-order valence-electron chi connectivity index (χ1n) is 7.38. The van der Waals surface area contributed by atoms with Gasteiger partial charge in [-0.15, -0.1) is 0 Å². The molecule has 3 atom stereocenters. The maximum Gasteiger partial charge on any atom is 0.268 e. The van der Waals surface area contributed by atoms with Crippen molar-refractivity contribution in [1.29, 1.82) is 0 Å². The van der Waals surface area contributed by atoms with Crippen molar-refractivity contribution in [3.05, 3.63) is 22.4 Å².